The molecule has 0 bridgehead atoms. The molecule has 64 heavy (non-hydrogen) atoms. The highest BCUT2D eigenvalue weighted by molar-refractivity contribution is 8.00. The van der Waals surface area contributed by atoms with Gasteiger partial charge in [0, 0.05) is 25.5 Å². The van der Waals surface area contributed by atoms with Gasteiger partial charge in [0.05, 0.1) is 38.9 Å². The molecule has 5 N–H and O–H groups in total. The highest BCUT2D eigenvalue weighted by Crippen LogP contribution is 2.46. The van der Waals surface area contributed by atoms with Crippen LogP contribution in [0.5, 0.6) is 0 Å². The van der Waals surface area contributed by atoms with Crippen molar-refractivity contribution < 1.29 is 31.6 Å². The Morgan fingerprint density at radius 1 is 0.641 bits per heavy atom. The van der Waals surface area contributed by atoms with Crippen LogP contribution in [0.15, 0.2) is 187 Å². The van der Waals surface area contributed by atoms with Crippen LogP contribution in [0.25, 0.3) is 0 Å². The van der Waals surface area contributed by atoms with Gasteiger partial charge in [0.1, 0.15) is 0 Å². The van der Waals surface area contributed by atoms with Gasteiger partial charge in [-0.1, -0.05) is 127 Å². The first kappa shape index (κ1) is 46.0. The standard InChI is InChI=1S/C21H16F3NS.C21H19N3O2S2.C7H9BO2/c1-13(14-6-9-16(10-7-14)21(22,23)24)15-8-11-20-18(12-15)25-17-4-2-3-5-19(17)26-20;1-14-7-10-17(11-8-14)28(25,26)24-23-15(2)16-9-12-21-19(13-16)22-18-5-3-4-6-20(18)27-21;1-6-2-4-7(5-3-6)8(9)10/h2-13,25H,1H3;3-13,22,24H,1-2H3;2-5,9-10H,1H3/b;23-15+;. The molecule has 0 saturated heterocycles. The van der Waals surface area contributed by atoms with E-state index in [1.54, 1.807) is 79.0 Å². The topological polar surface area (TPSA) is 123 Å². The number of hydrogen-bond acceptors (Lipinski definition) is 9. The smallest absolute Gasteiger partial charge is 0.423 e. The van der Waals surface area contributed by atoms with Gasteiger partial charge in [-0.2, -0.15) is 31.5 Å². The van der Waals surface area contributed by atoms with Crippen LogP contribution in [0.2, 0.25) is 0 Å². The third-order valence-electron chi connectivity index (χ3n) is 10.4. The molecule has 2 heterocycles. The minimum atomic E-state index is -4.30. The van der Waals surface area contributed by atoms with Crippen LogP contribution in [0.3, 0.4) is 0 Å². The molecule has 0 radical (unpaired) electrons. The first-order valence-electron chi connectivity index (χ1n) is 20.1. The number of hydrazone groups is 1. The fourth-order valence-electron chi connectivity index (χ4n) is 6.65. The van der Waals surface area contributed by atoms with Crippen LogP contribution in [0.4, 0.5) is 35.9 Å². The Labute approximate surface area is 380 Å². The van der Waals surface area contributed by atoms with Crippen molar-refractivity contribution in [2.75, 3.05) is 10.6 Å². The van der Waals surface area contributed by atoms with Crippen molar-refractivity contribution in [1.29, 1.82) is 0 Å². The number of alkyl halides is 3. The number of sulfonamides is 1. The average molecular weight is 917 g/mol. The van der Waals surface area contributed by atoms with Crippen molar-refractivity contribution >= 4 is 74.6 Å². The fourth-order valence-corrected chi connectivity index (χ4v) is 9.44. The molecule has 15 heteroatoms. The molecule has 1 atom stereocenters. The molecule has 7 aromatic rings. The van der Waals surface area contributed by atoms with Crippen molar-refractivity contribution in [2.45, 2.75) is 64.3 Å². The summed E-state index contributed by atoms with van der Waals surface area (Å²) in [6, 6.07) is 47.5. The summed E-state index contributed by atoms with van der Waals surface area (Å²) in [6.45, 7) is 7.65. The van der Waals surface area contributed by atoms with Crippen molar-refractivity contribution in [3.63, 3.8) is 0 Å². The minimum Gasteiger partial charge on any atom is -0.423 e. The number of anilines is 4. The summed E-state index contributed by atoms with van der Waals surface area (Å²) in [5.41, 5.74) is 9.54. The zero-order chi connectivity index (χ0) is 45.6. The SMILES string of the molecule is C/C(=N\NS(=O)(=O)c1ccc(C)cc1)c1ccc2c(c1)Nc1ccccc1S2.CC(c1ccc(C(F)(F)F)cc1)c1ccc2c(c1)Nc1ccccc1S2.Cc1ccc(B(O)O)cc1. The van der Waals surface area contributed by atoms with E-state index >= 15 is 0 Å². The maximum Gasteiger partial charge on any atom is 0.488 e. The number of nitrogens with one attached hydrogen (secondary N) is 3. The predicted molar refractivity (Wildman–Crippen MR) is 254 cm³/mol. The lowest BCUT2D eigenvalue weighted by atomic mass is 9.80. The highest BCUT2D eigenvalue weighted by atomic mass is 32.2. The van der Waals surface area contributed by atoms with Gasteiger partial charge in [0.2, 0.25) is 0 Å². The zero-order valence-electron chi connectivity index (χ0n) is 35.2. The number of para-hydroxylation sites is 2. The molecule has 7 aromatic carbocycles. The van der Waals surface area contributed by atoms with E-state index in [1.807, 2.05) is 93.6 Å². The number of nitrogens with zero attached hydrogens (tertiary/aromatic N) is 1. The molecule has 0 aliphatic carbocycles. The van der Waals surface area contributed by atoms with E-state index in [-0.39, 0.29) is 10.8 Å². The van der Waals surface area contributed by atoms with Crippen LogP contribution in [0.1, 0.15) is 53.1 Å². The molecule has 2 aliphatic heterocycles. The van der Waals surface area contributed by atoms with Crippen molar-refractivity contribution in [3.8, 4) is 0 Å². The van der Waals surface area contributed by atoms with Crippen LogP contribution in [-0.4, -0.2) is 31.3 Å². The van der Waals surface area contributed by atoms with E-state index in [0.29, 0.717) is 11.2 Å². The van der Waals surface area contributed by atoms with Crippen LogP contribution < -0.4 is 20.9 Å². The van der Waals surface area contributed by atoms with Gasteiger partial charge in [-0.25, -0.2) is 0 Å². The number of aryl methyl sites for hydroxylation is 2. The molecule has 2 aliphatic rings. The first-order valence-corrected chi connectivity index (χ1v) is 23.2. The first-order chi connectivity index (χ1) is 30.5. The normalized spacial score (nSPS) is 13.0. The average Bonchev–Trinajstić information content (AvgIpc) is 3.29. The number of fused-ring (bicyclic) bond motifs is 4. The number of halogens is 3. The monoisotopic (exact) mass is 916 g/mol. The summed E-state index contributed by atoms with van der Waals surface area (Å²) < 4.78 is 63.1. The van der Waals surface area contributed by atoms with Crippen LogP contribution in [-0.2, 0) is 16.2 Å². The van der Waals surface area contributed by atoms with Crippen LogP contribution in [0, 0.1) is 13.8 Å². The minimum absolute atomic E-state index is 0.00607. The maximum atomic E-state index is 12.7. The third kappa shape index (κ3) is 11.4. The zero-order valence-corrected chi connectivity index (χ0v) is 37.6. The quantitative estimate of drug-likeness (QED) is 0.0609. The number of rotatable bonds is 7. The lowest BCUT2D eigenvalue weighted by molar-refractivity contribution is -0.137. The van der Waals surface area contributed by atoms with Crippen molar-refractivity contribution in [2.24, 2.45) is 5.10 Å². The summed E-state index contributed by atoms with van der Waals surface area (Å²) >= 11 is 3.42. The predicted octanol–water partition coefficient (Wildman–Crippen LogP) is 11.6. The second-order valence-corrected chi connectivity index (χ2v) is 19.0. The Morgan fingerprint density at radius 3 is 1.67 bits per heavy atom. The maximum absolute atomic E-state index is 12.7. The lowest BCUT2D eigenvalue weighted by Crippen LogP contribution is -2.29. The summed E-state index contributed by atoms with van der Waals surface area (Å²) in [5, 5.41) is 28.3. The Balaban J connectivity index is 0.000000158. The van der Waals surface area contributed by atoms with Gasteiger partial charge in [0.25, 0.3) is 10.0 Å². The molecule has 0 aromatic heterocycles. The molecule has 0 fully saturated rings. The molecule has 0 spiro atoms. The molecule has 1 unspecified atom stereocenters. The molecule has 326 valence electrons. The van der Waals surface area contributed by atoms with Gasteiger partial charge in [-0.3, -0.25) is 0 Å². The summed E-state index contributed by atoms with van der Waals surface area (Å²) in [7, 11) is -5.04. The molecule has 9 rings (SSSR count). The summed E-state index contributed by atoms with van der Waals surface area (Å²) in [6.07, 6.45) is -4.30. The van der Waals surface area contributed by atoms with E-state index < -0.39 is 28.9 Å². The second-order valence-electron chi connectivity index (χ2n) is 15.1. The van der Waals surface area contributed by atoms with Gasteiger partial charge in [-0.05, 0) is 116 Å². The second kappa shape index (κ2) is 19.8. The summed E-state index contributed by atoms with van der Waals surface area (Å²) in [4.78, 5) is 7.14. The van der Waals surface area contributed by atoms with Gasteiger partial charge in [-0.15, -0.1) is 0 Å². The van der Waals surface area contributed by atoms with E-state index in [9.17, 15) is 21.6 Å². The molecule has 0 saturated carbocycles. The van der Waals surface area contributed by atoms with Crippen LogP contribution >= 0.6 is 23.5 Å². The van der Waals surface area contributed by atoms with Gasteiger partial charge < -0.3 is 20.7 Å². The largest absolute Gasteiger partial charge is 0.488 e. The number of hydrogen-bond donors (Lipinski definition) is 5. The molecular weight excluding hydrogens is 873 g/mol. The highest BCUT2D eigenvalue weighted by Gasteiger charge is 2.30. The van der Waals surface area contributed by atoms with E-state index in [0.717, 1.165) is 72.5 Å². The van der Waals surface area contributed by atoms with E-state index in [1.165, 1.54) is 9.79 Å². The Bertz CT molecular complexity index is 2900. The van der Waals surface area contributed by atoms with E-state index in [4.69, 9.17) is 10.0 Å². The van der Waals surface area contributed by atoms with Gasteiger partial charge in [0.15, 0.2) is 0 Å². The Morgan fingerprint density at radius 2 is 1.12 bits per heavy atom. The van der Waals surface area contributed by atoms with E-state index in [2.05, 4.69) is 44.8 Å². The third-order valence-corrected chi connectivity index (χ3v) is 14.0. The Hall–Kier alpha value is -5.97. The number of benzene rings is 7. The molecular formula is C49H44BF3N4O4S3. The van der Waals surface area contributed by atoms with Crippen molar-refractivity contribution in [3.05, 3.63) is 191 Å². The molecule has 8 nitrogen and oxygen atoms in total. The fraction of sp³-hybridized carbons (Fsp3) is 0.122. The Kier molecular flexibility index (Phi) is 14.3. The lowest BCUT2D eigenvalue weighted by Gasteiger charge is -2.23. The summed E-state index contributed by atoms with van der Waals surface area (Å²) in [5.74, 6) is 0.00607. The van der Waals surface area contributed by atoms with Crippen molar-refractivity contribution in [1.82, 2.24) is 4.83 Å². The van der Waals surface area contributed by atoms with Gasteiger partial charge >= 0.3 is 13.3 Å². The molecule has 0 amide bonds.